The van der Waals surface area contributed by atoms with E-state index in [1.807, 2.05) is 48.6 Å². The number of rotatable bonds is 15. The van der Waals surface area contributed by atoms with Crippen molar-refractivity contribution in [2.75, 3.05) is 11.9 Å². The van der Waals surface area contributed by atoms with E-state index in [1.165, 1.54) is 5.56 Å². The molecule has 3 rings (SSSR count). The van der Waals surface area contributed by atoms with Crippen molar-refractivity contribution >= 4 is 45.6 Å². The molecule has 6 nitrogen and oxygen atoms in total. The second-order valence-corrected chi connectivity index (χ2v) is 10.6. The van der Waals surface area contributed by atoms with Crippen molar-refractivity contribution in [1.29, 1.82) is 0 Å². The molecular weight excluding hydrogens is 556 g/mol. The Bertz CT molecular complexity index is 1250. The summed E-state index contributed by atoms with van der Waals surface area (Å²) in [5.74, 6) is -1.24. The monoisotopic (exact) mass is 592 g/mol. The molecule has 0 saturated carbocycles. The van der Waals surface area contributed by atoms with Gasteiger partial charge in [0.1, 0.15) is 0 Å². The maximum atomic E-state index is 12.6. The summed E-state index contributed by atoms with van der Waals surface area (Å²) in [4.78, 5) is 29.0. The fourth-order valence-electron chi connectivity index (χ4n) is 4.32. The molecule has 1 heterocycles. The zero-order valence-corrected chi connectivity index (χ0v) is 24.2. The Morgan fingerprint density at radius 2 is 1.74 bits per heavy atom. The zero-order valence-electron chi connectivity index (χ0n) is 22.7. The summed E-state index contributed by atoms with van der Waals surface area (Å²) in [6.07, 6.45) is 7.72. The van der Waals surface area contributed by atoms with Crippen LogP contribution in [-0.2, 0) is 27.4 Å². The summed E-state index contributed by atoms with van der Waals surface area (Å²) in [5, 5.41) is 12.5. The van der Waals surface area contributed by atoms with E-state index in [2.05, 4.69) is 50.5 Å². The number of unbranched alkanes of at least 4 members (excludes halogenated alkanes) is 1. The molecule has 0 atom stereocenters. The third-order valence-corrected chi connectivity index (χ3v) is 7.45. The van der Waals surface area contributed by atoms with Crippen LogP contribution in [0.25, 0.3) is 12.2 Å². The predicted molar refractivity (Wildman–Crippen MR) is 160 cm³/mol. The van der Waals surface area contributed by atoms with Gasteiger partial charge in [0.25, 0.3) is 0 Å². The first-order valence-electron chi connectivity index (χ1n) is 13.4. The van der Waals surface area contributed by atoms with Gasteiger partial charge in [0.2, 0.25) is 5.91 Å². The van der Waals surface area contributed by atoms with Crippen molar-refractivity contribution in [1.82, 2.24) is 4.98 Å². The average Bonchev–Trinajstić information content (AvgIpc) is 2.94. The number of anilines is 1. The standard InChI is InChI=1S/C32H37BrN2O4/c1-3-32(4-2,31(37)38)22-30(36)35-28-12-7-10-25(21-28)16-19-27-11-8-13-29(34-27)23-39-20-6-5-9-24-14-17-26(33)18-15-24/h7-8,10-19,21H,3-6,9,20,22-23H2,1-2H3,(H,35,36)(H,37,38). The largest absolute Gasteiger partial charge is 0.481 e. The van der Waals surface area contributed by atoms with Gasteiger partial charge in [-0.2, -0.15) is 0 Å². The highest BCUT2D eigenvalue weighted by molar-refractivity contribution is 9.10. The molecule has 0 radical (unpaired) electrons. The Morgan fingerprint density at radius 1 is 1.00 bits per heavy atom. The first kappa shape index (κ1) is 30.3. The summed E-state index contributed by atoms with van der Waals surface area (Å²) in [6.45, 7) is 4.77. The van der Waals surface area contributed by atoms with E-state index in [0.29, 0.717) is 31.7 Å². The lowest BCUT2D eigenvalue weighted by Gasteiger charge is -2.25. The molecular formula is C32H37BrN2O4. The number of nitrogens with zero attached hydrogens (tertiary/aromatic N) is 1. The Labute approximate surface area is 239 Å². The topological polar surface area (TPSA) is 88.5 Å². The number of hydrogen-bond donors (Lipinski definition) is 2. The number of carboxylic acid groups (broad SMARTS) is 1. The number of aliphatic carboxylic acids is 1. The summed E-state index contributed by atoms with van der Waals surface area (Å²) >= 11 is 3.46. The van der Waals surface area contributed by atoms with Gasteiger partial charge in [0, 0.05) is 23.2 Å². The molecule has 0 spiro atoms. The highest BCUT2D eigenvalue weighted by Gasteiger charge is 2.37. The number of halogens is 1. The minimum atomic E-state index is -1.04. The van der Waals surface area contributed by atoms with Gasteiger partial charge >= 0.3 is 5.97 Å². The lowest BCUT2D eigenvalue weighted by molar-refractivity contribution is -0.151. The maximum absolute atomic E-state index is 12.6. The minimum absolute atomic E-state index is 0.0562. The Kier molecular flexibility index (Phi) is 11.9. The molecule has 0 aliphatic rings. The van der Waals surface area contributed by atoms with Crippen LogP contribution in [0.5, 0.6) is 0 Å². The molecule has 3 aromatic rings. The fraction of sp³-hybridized carbons (Fsp3) is 0.344. The van der Waals surface area contributed by atoms with Crippen LogP contribution in [0.4, 0.5) is 5.69 Å². The van der Waals surface area contributed by atoms with Gasteiger partial charge in [-0.3, -0.25) is 14.6 Å². The molecule has 0 aliphatic carbocycles. The molecule has 1 aromatic heterocycles. The molecule has 39 heavy (non-hydrogen) atoms. The predicted octanol–water partition coefficient (Wildman–Crippen LogP) is 7.77. The normalized spacial score (nSPS) is 11.6. The van der Waals surface area contributed by atoms with E-state index in [9.17, 15) is 14.7 Å². The molecule has 0 fully saturated rings. The van der Waals surface area contributed by atoms with E-state index >= 15 is 0 Å². The van der Waals surface area contributed by atoms with Crippen LogP contribution < -0.4 is 5.32 Å². The van der Waals surface area contributed by atoms with Gasteiger partial charge in [0.15, 0.2) is 0 Å². The summed E-state index contributed by atoms with van der Waals surface area (Å²) < 4.78 is 6.94. The van der Waals surface area contributed by atoms with E-state index < -0.39 is 11.4 Å². The maximum Gasteiger partial charge on any atom is 0.310 e. The second kappa shape index (κ2) is 15.3. The number of carbonyl (C=O) groups is 2. The molecule has 0 unspecified atom stereocenters. The highest BCUT2D eigenvalue weighted by Crippen LogP contribution is 2.31. The number of amides is 1. The molecule has 2 aromatic carbocycles. The van der Waals surface area contributed by atoms with Crippen molar-refractivity contribution in [3.05, 3.63) is 93.7 Å². The molecule has 206 valence electrons. The van der Waals surface area contributed by atoms with Crippen LogP contribution in [0, 0.1) is 5.41 Å². The van der Waals surface area contributed by atoms with Crippen LogP contribution in [-0.4, -0.2) is 28.6 Å². The van der Waals surface area contributed by atoms with E-state index in [4.69, 9.17) is 4.74 Å². The van der Waals surface area contributed by atoms with Crippen molar-refractivity contribution in [2.45, 2.75) is 59.0 Å². The third kappa shape index (κ3) is 9.75. The molecule has 0 aliphatic heterocycles. The van der Waals surface area contributed by atoms with Gasteiger partial charge in [0.05, 0.1) is 23.4 Å². The van der Waals surface area contributed by atoms with Gasteiger partial charge in [-0.25, -0.2) is 0 Å². The van der Waals surface area contributed by atoms with Crippen molar-refractivity contribution in [3.63, 3.8) is 0 Å². The Balaban J connectivity index is 1.48. The van der Waals surface area contributed by atoms with Gasteiger partial charge in [-0.1, -0.05) is 66.2 Å². The van der Waals surface area contributed by atoms with Crippen LogP contribution in [0.15, 0.2) is 71.2 Å². The number of hydrogen-bond acceptors (Lipinski definition) is 4. The quantitative estimate of drug-likeness (QED) is 0.176. The summed E-state index contributed by atoms with van der Waals surface area (Å²) in [5.41, 5.74) is 3.52. The van der Waals surface area contributed by atoms with Gasteiger partial charge in [-0.05, 0) is 85.7 Å². The molecule has 0 bridgehead atoms. The van der Waals surface area contributed by atoms with Gasteiger partial charge in [-0.15, -0.1) is 0 Å². The SMILES string of the molecule is CCC(CC)(CC(=O)Nc1cccc(C=Cc2cccc(COCCCCc3ccc(Br)cc3)n2)c1)C(=O)O. The van der Waals surface area contributed by atoms with E-state index in [-0.39, 0.29) is 12.3 Å². The number of benzene rings is 2. The first-order chi connectivity index (χ1) is 18.8. The fourth-order valence-corrected chi connectivity index (χ4v) is 4.59. The number of aryl methyl sites for hydroxylation is 1. The lowest BCUT2D eigenvalue weighted by atomic mass is 9.79. The molecule has 1 amide bonds. The van der Waals surface area contributed by atoms with Crippen LogP contribution in [0.2, 0.25) is 0 Å². The first-order valence-corrected chi connectivity index (χ1v) is 14.2. The van der Waals surface area contributed by atoms with Crippen molar-refractivity contribution < 1.29 is 19.4 Å². The van der Waals surface area contributed by atoms with Crippen molar-refractivity contribution in [3.8, 4) is 0 Å². The number of nitrogens with one attached hydrogen (secondary N) is 1. The van der Waals surface area contributed by atoms with Crippen LogP contribution >= 0.6 is 15.9 Å². The Morgan fingerprint density at radius 3 is 2.46 bits per heavy atom. The minimum Gasteiger partial charge on any atom is -0.481 e. The summed E-state index contributed by atoms with van der Waals surface area (Å²) in [6, 6.07) is 21.7. The van der Waals surface area contributed by atoms with Crippen LogP contribution in [0.3, 0.4) is 0 Å². The number of carbonyl (C=O) groups excluding carboxylic acids is 1. The van der Waals surface area contributed by atoms with E-state index in [0.717, 1.165) is 40.7 Å². The number of pyridine rings is 1. The molecule has 7 heteroatoms. The van der Waals surface area contributed by atoms with Crippen LogP contribution in [0.1, 0.15) is 68.5 Å². The molecule has 0 saturated heterocycles. The zero-order chi connectivity index (χ0) is 28.1. The van der Waals surface area contributed by atoms with E-state index in [1.54, 1.807) is 19.9 Å². The molecule has 2 N–H and O–H groups in total. The van der Waals surface area contributed by atoms with Crippen molar-refractivity contribution in [2.24, 2.45) is 5.41 Å². The second-order valence-electron chi connectivity index (χ2n) is 9.67. The lowest BCUT2D eigenvalue weighted by Crippen LogP contribution is -2.34. The summed E-state index contributed by atoms with van der Waals surface area (Å²) in [7, 11) is 0. The number of aromatic nitrogens is 1. The third-order valence-electron chi connectivity index (χ3n) is 6.92. The smallest absolute Gasteiger partial charge is 0.310 e. The number of carboxylic acids is 1. The highest BCUT2D eigenvalue weighted by atomic mass is 79.9. The number of ether oxygens (including phenoxy) is 1. The average molecular weight is 594 g/mol. The Hall–Kier alpha value is -3.29. The van der Waals surface area contributed by atoms with Gasteiger partial charge < -0.3 is 15.2 Å².